The maximum atomic E-state index is 12.5. The molecule has 0 spiro atoms. The van der Waals surface area contributed by atoms with Gasteiger partial charge in [0, 0.05) is 30.1 Å². The third kappa shape index (κ3) is 5.69. The van der Waals surface area contributed by atoms with E-state index in [4.69, 9.17) is 4.74 Å². The summed E-state index contributed by atoms with van der Waals surface area (Å²) in [6.07, 6.45) is 2.10. The van der Waals surface area contributed by atoms with Gasteiger partial charge in [0.2, 0.25) is 0 Å². The van der Waals surface area contributed by atoms with E-state index in [9.17, 15) is 9.59 Å². The van der Waals surface area contributed by atoms with Crippen LogP contribution in [0.3, 0.4) is 0 Å². The summed E-state index contributed by atoms with van der Waals surface area (Å²) >= 11 is 0. The van der Waals surface area contributed by atoms with Crippen LogP contribution >= 0.6 is 0 Å². The molecule has 1 heterocycles. The fourth-order valence-electron chi connectivity index (χ4n) is 2.66. The predicted octanol–water partition coefficient (Wildman–Crippen LogP) is 3.28. The molecule has 0 saturated heterocycles. The summed E-state index contributed by atoms with van der Waals surface area (Å²) < 4.78 is 5.33. The molecule has 26 heavy (non-hydrogen) atoms. The first-order valence-corrected chi connectivity index (χ1v) is 8.60. The molecule has 2 aromatic rings. The molecule has 2 rings (SSSR count). The van der Waals surface area contributed by atoms with Gasteiger partial charge in [-0.25, -0.2) is 0 Å². The Balaban J connectivity index is 2.09. The summed E-state index contributed by atoms with van der Waals surface area (Å²) in [6, 6.07) is 9.23. The van der Waals surface area contributed by atoms with Crippen LogP contribution in [0.5, 0.6) is 5.75 Å². The molecule has 0 saturated carbocycles. The van der Waals surface area contributed by atoms with Gasteiger partial charge in [-0.3, -0.25) is 14.6 Å². The van der Waals surface area contributed by atoms with Crippen LogP contribution in [-0.2, 0) is 17.6 Å². The number of ketones is 1. The minimum atomic E-state index is -0.341. The third-order valence-corrected chi connectivity index (χ3v) is 3.77. The number of carbonyl (C=O) groups excluding carboxylic acids is 2. The highest BCUT2D eigenvalue weighted by atomic mass is 16.5. The van der Waals surface area contributed by atoms with E-state index in [2.05, 4.69) is 10.3 Å². The van der Waals surface area contributed by atoms with Crippen LogP contribution in [-0.4, -0.2) is 29.3 Å². The number of Topliss-reactive ketones (excluding diaryl/α,β-unsaturated/α-hetero) is 1. The van der Waals surface area contributed by atoms with Gasteiger partial charge in [0.1, 0.15) is 17.2 Å². The van der Waals surface area contributed by atoms with Crippen molar-refractivity contribution >= 4 is 11.7 Å². The minimum Gasteiger partial charge on any atom is -0.496 e. The van der Waals surface area contributed by atoms with E-state index in [1.54, 1.807) is 25.4 Å². The monoisotopic (exact) mass is 354 g/mol. The molecule has 0 aliphatic heterocycles. The number of pyridine rings is 1. The number of nitrogens with one attached hydrogen (secondary N) is 1. The number of rotatable bonds is 6. The van der Waals surface area contributed by atoms with E-state index in [0.29, 0.717) is 11.4 Å². The van der Waals surface area contributed by atoms with Gasteiger partial charge in [-0.15, -0.1) is 0 Å². The van der Waals surface area contributed by atoms with Crippen LogP contribution in [0.25, 0.3) is 0 Å². The number of hydrogen-bond acceptors (Lipinski definition) is 4. The first-order valence-electron chi connectivity index (χ1n) is 8.60. The molecular weight excluding hydrogens is 328 g/mol. The van der Waals surface area contributed by atoms with Crippen LogP contribution in [0.2, 0.25) is 0 Å². The average molecular weight is 354 g/mol. The number of aryl methyl sites for hydroxylation is 1. The highest BCUT2D eigenvalue weighted by Crippen LogP contribution is 2.21. The second-order valence-corrected chi connectivity index (χ2v) is 7.46. The Morgan fingerprint density at radius 3 is 2.50 bits per heavy atom. The van der Waals surface area contributed by atoms with Gasteiger partial charge < -0.3 is 10.1 Å². The fraction of sp³-hybridized carbons (Fsp3) is 0.381. The van der Waals surface area contributed by atoms with Crippen molar-refractivity contribution in [3.05, 3.63) is 58.9 Å². The van der Waals surface area contributed by atoms with Gasteiger partial charge in [-0.05, 0) is 51.5 Å². The lowest BCUT2D eigenvalue weighted by Gasteiger charge is -2.20. The molecule has 5 nitrogen and oxygen atoms in total. The maximum absolute atomic E-state index is 12.5. The fourth-order valence-corrected chi connectivity index (χ4v) is 2.66. The number of ether oxygens (including phenoxy) is 1. The lowest BCUT2D eigenvalue weighted by Crippen LogP contribution is -2.40. The van der Waals surface area contributed by atoms with Crippen molar-refractivity contribution in [1.29, 1.82) is 0 Å². The van der Waals surface area contributed by atoms with Gasteiger partial charge in [0.25, 0.3) is 5.91 Å². The molecule has 0 aliphatic carbocycles. The lowest BCUT2D eigenvalue weighted by molar-refractivity contribution is -0.117. The summed E-state index contributed by atoms with van der Waals surface area (Å²) in [7, 11) is 1.60. The van der Waals surface area contributed by atoms with E-state index in [1.165, 1.54) is 0 Å². The summed E-state index contributed by atoms with van der Waals surface area (Å²) in [5, 5.41) is 2.87. The Kier molecular flexibility index (Phi) is 6.14. The normalized spacial score (nSPS) is 11.1. The van der Waals surface area contributed by atoms with Crippen molar-refractivity contribution in [3.8, 4) is 5.75 Å². The van der Waals surface area contributed by atoms with Gasteiger partial charge >= 0.3 is 0 Å². The summed E-state index contributed by atoms with van der Waals surface area (Å²) in [5.74, 6) is 0.526. The van der Waals surface area contributed by atoms with Crippen molar-refractivity contribution < 1.29 is 14.3 Å². The SMILES string of the molecule is COc1ccc(C)cc1CC(=O)Cc1ccnc(C(=O)NC(C)(C)C)c1. The molecule has 1 aromatic carbocycles. The van der Waals surface area contributed by atoms with Crippen molar-refractivity contribution in [2.45, 2.75) is 46.1 Å². The number of methoxy groups -OCH3 is 1. The Hall–Kier alpha value is -2.69. The van der Waals surface area contributed by atoms with Crippen molar-refractivity contribution in [3.63, 3.8) is 0 Å². The highest BCUT2D eigenvalue weighted by molar-refractivity contribution is 5.93. The largest absolute Gasteiger partial charge is 0.496 e. The van der Waals surface area contributed by atoms with Gasteiger partial charge in [-0.1, -0.05) is 17.7 Å². The Morgan fingerprint density at radius 2 is 1.85 bits per heavy atom. The van der Waals surface area contributed by atoms with Crippen molar-refractivity contribution in [1.82, 2.24) is 10.3 Å². The minimum absolute atomic E-state index is 0.0577. The summed E-state index contributed by atoms with van der Waals surface area (Å²) in [5.41, 5.74) is 2.71. The zero-order valence-corrected chi connectivity index (χ0v) is 16.1. The molecule has 1 N–H and O–H groups in total. The van der Waals surface area contributed by atoms with Crippen LogP contribution < -0.4 is 10.1 Å². The zero-order chi connectivity index (χ0) is 19.3. The second kappa shape index (κ2) is 8.13. The second-order valence-electron chi connectivity index (χ2n) is 7.46. The lowest BCUT2D eigenvalue weighted by atomic mass is 10.0. The highest BCUT2D eigenvalue weighted by Gasteiger charge is 2.17. The Labute approximate surface area is 154 Å². The molecule has 138 valence electrons. The molecule has 0 fully saturated rings. The van der Waals surface area contributed by atoms with Crippen molar-refractivity contribution in [2.75, 3.05) is 7.11 Å². The average Bonchev–Trinajstić information content (AvgIpc) is 2.53. The van der Waals surface area contributed by atoms with Gasteiger partial charge in [0.15, 0.2) is 0 Å². The van der Waals surface area contributed by atoms with E-state index in [-0.39, 0.29) is 30.1 Å². The molecule has 5 heteroatoms. The van der Waals surface area contributed by atoms with E-state index in [1.807, 2.05) is 45.9 Å². The van der Waals surface area contributed by atoms with Crippen LogP contribution in [0.1, 0.15) is 48.0 Å². The summed E-state index contributed by atoms with van der Waals surface area (Å²) in [6.45, 7) is 7.71. The number of nitrogens with zero attached hydrogens (tertiary/aromatic N) is 1. The molecule has 0 unspecified atom stereocenters. The number of carbonyl (C=O) groups is 2. The smallest absolute Gasteiger partial charge is 0.270 e. The molecular formula is C21H26N2O3. The molecule has 0 radical (unpaired) electrons. The molecule has 1 aromatic heterocycles. The first-order chi connectivity index (χ1) is 12.2. The molecule has 0 bridgehead atoms. The van der Waals surface area contributed by atoms with E-state index < -0.39 is 0 Å². The maximum Gasteiger partial charge on any atom is 0.270 e. The Bertz CT molecular complexity index is 807. The number of aromatic nitrogens is 1. The Morgan fingerprint density at radius 1 is 1.12 bits per heavy atom. The van der Waals surface area contributed by atoms with Crippen molar-refractivity contribution in [2.24, 2.45) is 0 Å². The molecule has 0 aliphatic rings. The van der Waals surface area contributed by atoms with E-state index in [0.717, 1.165) is 16.7 Å². The van der Waals surface area contributed by atoms with Gasteiger partial charge in [-0.2, -0.15) is 0 Å². The predicted molar refractivity (Wildman–Crippen MR) is 102 cm³/mol. The van der Waals surface area contributed by atoms with E-state index >= 15 is 0 Å². The third-order valence-electron chi connectivity index (χ3n) is 3.77. The zero-order valence-electron chi connectivity index (χ0n) is 16.1. The standard InChI is InChI=1S/C21H26N2O3/c1-14-6-7-19(26-5)16(10-14)13-17(24)11-15-8-9-22-18(12-15)20(25)23-21(2,3)4/h6-10,12H,11,13H2,1-5H3,(H,23,25). The van der Waals surface area contributed by atoms with Crippen LogP contribution in [0.15, 0.2) is 36.5 Å². The number of benzene rings is 1. The summed E-state index contributed by atoms with van der Waals surface area (Å²) in [4.78, 5) is 28.8. The van der Waals surface area contributed by atoms with Crippen LogP contribution in [0.4, 0.5) is 0 Å². The quantitative estimate of drug-likeness (QED) is 0.864. The molecule has 0 atom stereocenters. The van der Waals surface area contributed by atoms with Crippen LogP contribution in [0, 0.1) is 6.92 Å². The molecule has 1 amide bonds. The van der Waals surface area contributed by atoms with Gasteiger partial charge in [0.05, 0.1) is 7.11 Å². The number of amides is 1. The topological polar surface area (TPSA) is 68.3 Å². The number of hydrogen-bond donors (Lipinski definition) is 1. The first kappa shape index (κ1) is 19.6.